The van der Waals surface area contributed by atoms with E-state index in [1.165, 1.54) is 6.33 Å². The monoisotopic (exact) mass is 365 g/mol. The Hall–Kier alpha value is -3.62. The number of carbonyl (C=O) groups excluding carboxylic acids is 2. The average Bonchev–Trinajstić information content (AvgIpc) is 3.17. The number of nitrogens with one attached hydrogen (secondary N) is 3. The number of rotatable bonds is 4. The molecule has 1 aliphatic heterocycles. The first-order chi connectivity index (χ1) is 13.2. The third-order valence-electron chi connectivity index (χ3n) is 4.33. The van der Waals surface area contributed by atoms with Crippen LogP contribution in [-0.4, -0.2) is 39.7 Å². The fourth-order valence-corrected chi connectivity index (χ4v) is 2.96. The first-order valence-electron chi connectivity index (χ1n) is 8.68. The van der Waals surface area contributed by atoms with Crippen LogP contribution in [0.5, 0.6) is 0 Å². The van der Waals surface area contributed by atoms with Gasteiger partial charge in [0.05, 0.1) is 5.69 Å². The number of urea groups is 2. The molecule has 4 amide bonds. The Morgan fingerprint density at radius 3 is 2.89 bits per heavy atom. The second-order valence-electron chi connectivity index (χ2n) is 6.16. The summed E-state index contributed by atoms with van der Waals surface area (Å²) in [4.78, 5) is 29.9. The molecule has 0 spiro atoms. The lowest BCUT2D eigenvalue weighted by atomic mass is 10.2. The summed E-state index contributed by atoms with van der Waals surface area (Å²) in [6.45, 7) is 1.79. The van der Waals surface area contributed by atoms with E-state index in [1.54, 1.807) is 27.7 Å². The highest BCUT2D eigenvalue weighted by molar-refractivity contribution is 5.93. The zero-order valence-corrected chi connectivity index (χ0v) is 14.6. The lowest BCUT2D eigenvalue weighted by Crippen LogP contribution is -2.46. The van der Waals surface area contributed by atoms with E-state index in [-0.39, 0.29) is 12.1 Å². The second-order valence-corrected chi connectivity index (χ2v) is 6.16. The molecule has 9 nitrogen and oxygen atoms in total. The zero-order chi connectivity index (χ0) is 18.6. The topological polar surface area (TPSA) is 104 Å². The third-order valence-corrected chi connectivity index (χ3v) is 4.33. The molecule has 1 fully saturated rings. The van der Waals surface area contributed by atoms with Crippen molar-refractivity contribution in [2.75, 3.05) is 23.3 Å². The minimum atomic E-state index is -0.328. The number of anilines is 2. The fraction of sp³-hybridized carbons (Fsp3) is 0.222. The van der Waals surface area contributed by atoms with Gasteiger partial charge in [0.1, 0.15) is 6.33 Å². The molecular formula is C18H19N7O2. The highest BCUT2D eigenvalue weighted by Crippen LogP contribution is 2.18. The van der Waals surface area contributed by atoms with E-state index in [0.717, 1.165) is 24.2 Å². The highest BCUT2D eigenvalue weighted by Gasteiger charge is 2.18. The maximum Gasteiger partial charge on any atom is 0.321 e. The second kappa shape index (κ2) is 7.32. The molecule has 3 heterocycles. The Morgan fingerprint density at radius 2 is 2.07 bits per heavy atom. The summed E-state index contributed by atoms with van der Waals surface area (Å²) in [6.07, 6.45) is 4.12. The van der Waals surface area contributed by atoms with Crippen molar-refractivity contribution < 1.29 is 9.59 Å². The minimum absolute atomic E-state index is 0.0749. The lowest BCUT2D eigenvalue weighted by molar-refractivity contribution is 0.243. The average molecular weight is 365 g/mol. The molecular weight excluding hydrogens is 346 g/mol. The van der Waals surface area contributed by atoms with Gasteiger partial charge in [-0.25, -0.2) is 19.1 Å². The fourth-order valence-electron chi connectivity index (χ4n) is 2.96. The minimum Gasteiger partial charge on any atom is -0.338 e. The van der Waals surface area contributed by atoms with Crippen LogP contribution in [0.2, 0.25) is 0 Å². The Bertz CT molecular complexity index is 967. The number of carbonyl (C=O) groups is 2. The molecule has 3 N–H and O–H groups in total. The van der Waals surface area contributed by atoms with Gasteiger partial charge in [-0.1, -0.05) is 12.1 Å². The van der Waals surface area contributed by atoms with Crippen LogP contribution in [0.3, 0.4) is 0 Å². The van der Waals surface area contributed by atoms with E-state index in [4.69, 9.17) is 0 Å². The smallest absolute Gasteiger partial charge is 0.321 e. The van der Waals surface area contributed by atoms with E-state index < -0.39 is 0 Å². The summed E-state index contributed by atoms with van der Waals surface area (Å²) in [5.74, 6) is 0. The van der Waals surface area contributed by atoms with Gasteiger partial charge in [0.25, 0.3) is 0 Å². The molecule has 2 aromatic heterocycles. The predicted octanol–water partition coefficient (Wildman–Crippen LogP) is 1.97. The number of benzene rings is 1. The molecule has 0 unspecified atom stereocenters. The van der Waals surface area contributed by atoms with Gasteiger partial charge in [0.2, 0.25) is 0 Å². The third kappa shape index (κ3) is 3.66. The summed E-state index contributed by atoms with van der Waals surface area (Å²) in [5, 5.41) is 12.5. The van der Waals surface area contributed by atoms with Crippen LogP contribution in [0.25, 0.3) is 5.65 Å². The lowest BCUT2D eigenvalue weighted by Gasteiger charge is -2.27. The van der Waals surface area contributed by atoms with Gasteiger partial charge < -0.3 is 16.0 Å². The molecule has 0 radical (unpaired) electrons. The predicted molar refractivity (Wildman–Crippen MR) is 101 cm³/mol. The summed E-state index contributed by atoms with van der Waals surface area (Å²) >= 11 is 0. The summed E-state index contributed by atoms with van der Waals surface area (Å²) in [6, 6.07) is 10.7. The molecule has 1 aromatic carbocycles. The van der Waals surface area contributed by atoms with Crippen molar-refractivity contribution in [2.24, 2.45) is 0 Å². The van der Waals surface area contributed by atoms with Crippen LogP contribution < -0.4 is 20.9 Å². The molecule has 3 aromatic rings. The number of nitrogens with zero attached hydrogens (tertiary/aromatic N) is 4. The molecule has 0 aliphatic carbocycles. The molecule has 0 atom stereocenters. The van der Waals surface area contributed by atoms with Crippen LogP contribution in [-0.2, 0) is 6.54 Å². The number of fused-ring (bicyclic) bond motifs is 1. The zero-order valence-electron chi connectivity index (χ0n) is 14.6. The molecule has 1 saturated heterocycles. The van der Waals surface area contributed by atoms with Crippen LogP contribution in [0.1, 0.15) is 12.0 Å². The van der Waals surface area contributed by atoms with Gasteiger partial charge in [0.15, 0.2) is 5.65 Å². The Morgan fingerprint density at radius 1 is 1.22 bits per heavy atom. The van der Waals surface area contributed by atoms with Crippen molar-refractivity contribution in [1.82, 2.24) is 25.2 Å². The van der Waals surface area contributed by atoms with Crippen LogP contribution in [0.15, 0.2) is 48.9 Å². The largest absolute Gasteiger partial charge is 0.338 e. The SMILES string of the molecule is O=C(NCc1ccc(N2CCCNC2=O)cc1)Nc1cccn2ncnc12. The standard InChI is InChI=1S/C18H19N7O2/c26-17(23-15-3-1-10-25-16(15)21-12-22-25)20-11-13-4-6-14(7-5-13)24-9-2-8-19-18(24)27/h1,3-7,10,12H,2,8-9,11H2,(H,19,27)(H2,20,23,26). The summed E-state index contributed by atoms with van der Waals surface area (Å²) < 4.78 is 1.59. The Labute approximate surface area is 155 Å². The van der Waals surface area contributed by atoms with Gasteiger partial charge in [-0.2, -0.15) is 5.10 Å². The molecule has 4 rings (SSSR count). The molecule has 138 valence electrons. The molecule has 0 saturated carbocycles. The van der Waals surface area contributed by atoms with Crippen molar-refractivity contribution in [1.29, 1.82) is 0 Å². The highest BCUT2D eigenvalue weighted by atomic mass is 16.2. The van der Waals surface area contributed by atoms with Gasteiger partial charge in [-0.05, 0) is 36.2 Å². The van der Waals surface area contributed by atoms with E-state index in [0.29, 0.717) is 24.4 Å². The maximum absolute atomic E-state index is 12.2. The Kier molecular flexibility index (Phi) is 4.56. The van der Waals surface area contributed by atoms with E-state index in [1.807, 2.05) is 24.3 Å². The number of hydrogen-bond acceptors (Lipinski definition) is 4. The van der Waals surface area contributed by atoms with Crippen molar-refractivity contribution >= 4 is 29.1 Å². The first kappa shape index (κ1) is 16.8. The molecule has 27 heavy (non-hydrogen) atoms. The van der Waals surface area contributed by atoms with Crippen molar-refractivity contribution in [2.45, 2.75) is 13.0 Å². The summed E-state index contributed by atoms with van der Waals surface area (Å²) in [5.41, 5.74) is 2.95. The summed E-state index contributed by atoms with van der Waals surface area (Å²) in [7, 11) is 0. The molecule has 0 bridgehead atoms. The molecule has 9 heteroatoms. The van der Waals surface area contributed by atoms with E-state index >= 15 is 0 Å². The Balaban J connectivity index is 1.35. The van der Waals surface area contributed by atoms with Crippen molar-refractivity contribution in [3.8, 4) is 0 Å². The van der Waals surface area contributed by atoms with E-state index in [9.17, 15) is 9.59 Å². The van der Waals surface area contributed by atoms with Crippen LogP contribution in [0.4, 0.5) is 21.0 Å². The number of hydrogen-bond donors (Lipinski definition) is 3. The number of pyridine rings is 1. The molecule has 1 aliphatic rings. The maximum atomic E-state index is 12.2. The van der Waals surface area contributed by atoms with Crippen molar-refractivity contribution in [3.63, 3.8) is 0 Å². The normalized spacial score (nSPS) is 14.1. The van der Waals surface area contributed by atoms with Crippen LogP contribution in [0, 0.1) is 0 Å². The number of amides is 4. The van der Waals surface area contributed by atoms with Gasteiger partial charge >= 0.3 is 12.1 Å². The van der Waals surface area contributed by atoms with E-state index in [2.05, 4.69) is 26.0 Å². The van der Waals surface area contributed by atoms with Crippen LogP contribution >= 0.6 is 0 Å². The van der Waals surface area contributed by atoms with Crippen molar-refractivity contribution in [3.05, 3.63) is 54.5 Å². The van der Waals surface area contributed by atoms with Gasteiger partial charge in [0, 0.05) is 31.5 Å². The number of aromatic nitrogens is 3. The van der Waals surface area contributed by atoms with Gasteiger partial charge in [-0.3, -0.25) is 4.90 Å². The first-order valence-corrected chi connectivity index (χ1v) is 8.68. The van der Waals surface area contributed by atoms with Gasteiger partial charge in [-0.15, -0.1) is 0 Å². The quantitative estimate of drug-likeness (QED) is 0.657.